The minimum atomic E-state index is -3.07. The van der Waals surface area contributed by atoms with Crippen LogP contribution in [0.25, 0.3) is 0 Å². The average molecular weight is 248 g/mol. The fraction of sp³-hybridized carbons (Fsp3) is 0.900. The van der Waals surface area contributed by atoms with E-state index in [9.17, 15) is 13.2 Å². The highest BCUT2D eigenvalue weighted by Crippen LogP contribution is 2.13. The Morgan fingerprint density at radius 3 is 2.38 bits per heavy atom. The fourth-order valence-corrected chi connectivity index (χ4v) is 2.73. The second kappa shape index (κ2) is 5.63. The van der Waals surface area contributed by atoms with Gasteiger partial charge >= 0.3 is 0 Å². The lowest BCUT2D eigenvalue weighted by molar-refractivity contribution is -0.122. The summed E-state index contributed by atoms with van der Waals surface area (Å²) in [5, 5.41) is 2.93. The molecule has 0 aromatic carbocycles. The molecule has 1 aliphatic heterocycles. The number of nitrogens with zero attached hydrogens (tertiary/aromatic N) is 1. The van der Waals surface area contributed by atoms with E-state index in [-0.39, 0.29) is 11.9 Å². The van der Waals surface area contributed by atoms with Gasteiger partial charge in [-0.1, -0.05) is 6.92 Å². The molecule has 94 valence electrons. The standard InChI is InChI=1S/C10H20N2O3S/c1-3-4-10(13)11-9-5-7-12(8-6-9)16(2,14)15/h9H,3-8H2,1-2H3,(H,11,13). The Kier molecular flexibility index (Phi) is 4.73. The van der Waals surface area contributed by atoms with Gasteiger partial charge in [0.25, 0.3) is 0 Å². The van der Waals surface area contributed by atoms with Crippen LogP contribution in [0.15, 0.2) is 0 Å². The molecule has 0 aromatic rings. The summed E-state index contributed by atoms with van der Waals surface area (Å²) in [4.78, 5) is 11.3. The van der Waals surface area contributed by atoms with Gasteiger partial charge in [0.2, 0.25) is 15.9 Å². The van der Waals surface area contributed by atoms with Gasteiger partial charge in [0.15, 0.2) is 0 Å². The Labute approximate surface area is 97.2 Å². The van der Waals surface area contributed by atoms with Gasteiger partial charge in [0.05, 0.1) is 6.26 Å². The third-order valence-electron chi connectivity index (χ3n) is 2.77. The quantitative estimate of drug-likeness (QED) is 0.779. The molecule has 1 N–H and O–H groups in total. The molecule has 1 rings (SSSR count). The van der Waals surface area contributed by atoms with Crippen LogP contribution in [0.3, 0.4) is 0 Å². The normalized spacial score (nSPS) is 19.6. The summed E-state index contributed by atoms with van der Waals surface area (Å²) in [6, 6.07) is 0.136. The van der Waals surface area contributed by atoms with E-state index in [4.69, 9.17) is 0 Å². The fourth-order valence-electron chi connectivity index (χ4n) is 1.86. The Morgan fingerprint density at radius 1 is 1.38 bits per heavy atom. The van der Waals surface area contributed by atoms with E-state index in [0.29, 0.717) is 32.4 Å². The molecule has 1 aliphatic rings. The topological polar surface area (TPSA) is 66.5 Å². The van der Waals surface area contributed by atoms with Crippen molar-refractivity contribution >= 4 is 15.9 Å². The van der Waals surface area contributed by atoms with E-state index < -0.39 is 10.0 Å². The number of rotatable bonds is 4. The molecule has 16 heavy (non-hydrogen) atoms. The van der Waals surface area contributed by atoms with E-state index in [0.717, 1.165) is 6.42 Å². The molecule has 0 aliphatic carbocycles. The van der Waals surface area contributed by atoms with Crippen LogP contribution in [0, 0.1) is 0 Å². The lowest BCUT2D eigenvalue weighted by atomic mass is 10.1. The van der Waals surface area contributed by atoms with Gasteiger partial charge in [0, 0.05) is 25.6 Å². The van der Waals surface area contributed by atoms with Crippen molar-refractivity contribution in [3.05, 3.63) is 0 Å². The van der Waals surface area contributed by atoms with Gasteiger partial charge in [-0.3, -0.25) is 4.79 Å². The molecule has 5 nitrogen and oxygen atoms in total. The molecule has 1 fully saturated rings. The lowest BCUT2D eigenvalue weighted by Crippen LogP contribution is -2.46. The van der Waals surface area contributed by atoms with Crippen LogP contribution in [0.2, 0.25) is 0 Å². The van der Waals surface area contributed by atoms with E-state index in [1.54, 1.807) is 0 Å². The molecule has 0 aromatic heterocycles. The summed E-state index contributed by atoms with van der Waals surface area (Å²) in [7, 11) is -3.07. The van der Waals surface area contributed by atoms with Crippen molar-refractivity contribution in [2.75, 3.05) is 19.3 Å². The molecule has 6 heteroatoms. The van der Waals surface area contributed by atoms with Gasteiger partial charge in [-0.15, -0.1) is 0 Å². The van der Waals surface area contributed by atoms with Crippen LogP contribution < -0.4 is 5.32 Å². The second-order valence-electron chi connectivity index (χ2n) is 4.25. The first-order valence-electron chi connectivity index (χ1n) is 5.68. The highest BCUT2D eigenvalue weighted by atomic mass is 32.2. The van der Waals surface area contributed by atoms with Crippen molar-refractivity contribution in [3.63, 3.8) is 0 Å². The maximum absolute atomic E-state index is 11.3. The Hall–Kier alpha value is -0.620. The Morgan fingerprint density at radius 2 is 1.94 bits per heavy atom. The zero-order chi connectivity index (χ0) is 12.2. The zero-order valence-corrected chi connectivity index (χ0v) is 10.7. The van der Waals surface area contributed by atoms with E-state index in [1.807, 2.05) is 6.92 Å². The van der Waals surface area contributed by atoms with Gasteiger partial charge < -0.3 is 5.32 Å². The molecule has 0 unspecified atom stereocenters. The van der Waals surface area contributed by atoms with Crippen LogP contribution >= 0.6 is 0 Å². The van der Waals surface area contributed by atoms with Gasteiger partial charge in [0.1, 0.15) is 0 Å². The molecule has 0 spiro atoms. The lowest BCUT2D eigenvalue weighted by Gasteiger charge is -2.30. The van der Waals surface area contributed by atoms with Crippen LogP contribution in [0.4, 0.5) is 0 Å². The number of nitrogens with one attached hydrogen (secondary N) is 1. The van der Waals surface area contributed by atoms with Gasteiger partial charge in [-0.25, -0.2) is 12.7 Å². The van der Waals surface area contributed by atoms with Crippen LogP contribution in [0.5, 0.6) is 0 Å². The summed E-state index contributed by atoms with van der Waals surface area (Å²) in [6.07, 6.45) is 4.04. The highest BCUT2D eigenvalue weighted by molar-refractivity contribution is 7.88. The highest BCUT2D eigenvalue weighted by Gasteiger charge is 2.25. The van der Waals surface area contributed by atoms with Crippen molar-refractivity contribution < 1.29 is 13.2 Å². The molecular weight excluding hydrogens is 228 g/mol. The molecule has 0 atom stereocenters. The molecule has 0 radical (unpaired) electrons. The van der Waals surface area contributed by atoms with Crippen molar-refractivity contribution in [1.29, 1.82) is 0 Å². The van der Waals surface area contributed by atoms with Crippen LogP contribution in [0.1, 0.15) is 32.6 Å². The maximum atomic E-state index is 11.3. The number of sulfonamides is 1. The first-order valence-corrected chi connectivity index (χ1v) is 7.52. The van der Waals surface area contributed by atoms with Crippen molar-refractivity contribution in [3.8, 4) is 0 Å². The summed E-state index contributed by atoms with van der Waals surface area (Å²) < 4.78 is 24.0. The largest absolute Gasteiger partial charge is 0.353 e. The first-order chi connectivity index (χ1) is 7.43. The average Bonchev–Trinajstić information content (AvgIpc) is 2.17. The molecular formula is C10H20N2O3S. The van der Waals surface area contributed by atoms with E-state index >= 15 is 0 Å². The number of piperidine rings is 1. The minimum Gasteiger partial charge on any atom is -0.353 e. The van der Waals surface area contributed by atoms with Crippen LogP contribution in [-0.2, 0) is 14.8 Å². The summed E-state index contributed by atoms with van der Waals surface area (Å²) in [5.41, 5.74) is 0. The number of carbonyl (C=O) groups is 1. The van der Waals surface area contributed by atoms with E-state index in [1.165, 1.54) is 10.6 Å². The van der Waals surface area contributed by atoms with Gasteiger partial charge in [-0.05, 0) is 19.3 Å². The monoisotopic (exact) mass is 248 g/mol. The predicted octanol–water partition coefficient (Wildman–Crippen LogP) is 0.327. The molecule has 1 heterocycles. The number of hydrogen-bond acceptors (Lipinski definition) is 3. The summed E-state index contributed by atoms with van der Waals surface area (Å²) in [6.45, 7) is 2.98. The van der Waals surface area contributed by atoms with Gasteiger partial charge in [-0.2, -0.15) is 0 Å². The summed E-state index contributed by atoms with van der Waals surface area (Å²) >= 11 is 0. The Balaban J connectivity index is 2.35. The smallest absolute Gasteiger partial charge is 0.220 e. The number of amides is 1. The van der Waals surface area contributed by atoms with Crippen molar-refractivity contribution in [2.24, 2.45) is 0 Å². The minimum absolute atomic E-state index is 0.0697. The zero-order valence-electron chi connectivity index (χ0n) is 9.90. The molecule has 1 amide bonds. The first kappa shape index (κ1) is 13.4. The molecule has 0 bridgehead atoms. The maximum Gasteiger partial charge on any atom is 0.220 e. The van der Waals surface area contributed by atoms with Crippen LogP contribution in [-0.4, -0.2) is 44.0 Å². The number of carbonyl (C=O) groups excluding carboxylic acids is 1. The molecule has 1 saturated heterocycles. The second-order valence-corrected chi connectivity index (χ2v) is 6.24. The third kappa shape index (κ3) is 4.09. The van der Waals surface area contributed by atoms with E-state index in [2.05, 4.69) is 5.32 Å². The van der Waals surface area contributed by atoms with Crippen molar-refractivity contribution in [1.82, 2.24) is 9.62 Å². The summed E-state index contributed by atoms with van der Waals surface area (Å²) in [5.74, 6) is 0.0697. The predicted molar refractivity (Wildman–Crippen MR) is 62.5 cm³/mol. The molecule has 0 saturated carbocycles. The van der Waals surface area contributed by atoms with Crippen molar-refractivity contribution in [2.45, 2.75) is 38.6 Å². The number of hydrogen-bond donors (Lipinski definition) is 1. The Bertz CT molecular complexity index is 332. The third-order valence-corrected chi connectivity index (χ3v) is 4.07. The SMILES string of the molecule is CCCC(=O)NC1CCN(S(C)(=O)=O)CC1.